The van der Waals surface area contributed by atoms with Gasteiger partial charge in [-0.2, -0.15) is 0 Å². The van der Waals surface area contributed by atoms with Crippen molar-refractivity contribution >= 4 is 33.4 Å². The summed E-state index contributed by atoms with van der Waals surface area (Å²) in [5.74, 6) is -0.429. The van der Waals surface area contributed by atoms with E-state index in [0.717, 1.165) is 22.4 Å². The van der Waals surface area contributed by atoms with Crippen LogP contribution in [-0.2, 0) is 6.54 Å². The topological polar surface area (TPSA) is 110 Å². The largest absolute Gasteiger partial charge is 0.329 e. The Morgan fingerprint density at radius 1 is 1.16 bits per heavy atom. The van der Waals surface area contributed by atoms with Crippen LogP contribution in [0.3, 0.4) is 0 Å². The maximum Gasteiger partial charge on any atom is 0.329 e. The average Bonchev–Trinajstić information content (AvgIpc) is 3.15. The number of aryl methyl sites for hydroxylation is 4. The van der Waals surface area contributed by atoms with E-state index < -0.39 is 17.2 Å². The molecule has 0 aliphatic heterocycles. The van der Waals surface area contributed by atoms with Gasteiger partial charge in [-0.15, -0.1) is 11.3 Å². The Kier molecular flexibility index (Phi) is 5.28. The number of carbonyl (C=O) groups excluding carboxylic acids is 1. The Hall–Kier alpha value is -3.59. The van der Waals surface area contributed by atoms with Gasteiger partial charge in [0.1, 0.15) is 5.65 Å². The Balaban J connectivity index is 1.65. The first kappa shape index (κ1) is 20.7. The van der Waals surface area contributed by atoms with Gasteiger partial charge in [0.2, 0.25) is 0 Å². The zero-order chi connectivity index (χ0) is 22.3. The van der Waals surface area contributed by atoms with Gasteiger partial charge >= 0.3 is 5.69 Å². The number of pyridine rings is 1. The summed E-state index contributed by atoms with van der Waals surface area (Å²) >= 11 is 1.33. The Morgan fingerprint density at radius 2 is 1.87 bits per heavy atom. The van der Waals surface area contributed by atoms with Crippen molar-refractivity contribution in [3.8, 4) is 11.3 Å². The molecule has 31 heavy (non-hydrogen) atoms. The lowest BCUT2D eigenvalue weighted by atomic mass is 9.98. The van der Waals surface area contributed by atoms with E-state index in [9.17, 15) is 14.4 Å². The monoisotopic (exact) mass is 435 g/mol. The lowest BCUT2D eigenvalue weighted by molar-refractivity contribution is 0.102. The van der Waals surface area contributed by atoms with Crippen molar-refractivity contribution in [1.82, 2.24) is 19.5 Å². The third-order valence-electron chi connectivity index (χ3n) is 5.07. The first-order chi connectivity index (χ1) is 14.8. The molecule has 0 atom stereocenters. The summed E-state index contributed by atoms with van der Waals surface area (Å²) < 4.78 is 1.35. The maximum atomic E-state index is 12.7. The van der Waals surface area contributed by atoms with Crippen LogP contribution in [0.25, 0.3) is 22.3 Å². The molecule has 158 valence electrons. The zero-order valence-corrected chi connectivity index (χ0v) is 18.4. The molecule has 2 N–H and O–H groups in total. The van der Waals surface area contributed by atoms with Crippen LogP contribution in [0, 0.1) is 20.8 Å². The summed E-state index contributed by atoms with van der Waals surface area (Å²) in [6, 6.07) is 5.65. The SMILES string of the molecule is CCn1c(=O)[nH]c(=O)c2cc(C(=O)Nc3nc(-c4c(C)cc(C)cc4C)cs3)cnc21. The number of nitrogens with zero attached hydrogens (tertiary/aromatic N) is 3. The molecule has 0 aliphatic rings. The fourth-order valence-electron chi connectivity index (χ4n) is 3.78. The number of hydrogen-bond donors (Lipinski definition) is 2. The molecule has 0 fully saturated rings. The highest BCUT2D eigenvalue weighted by molar-refractivity contribution is 7.14. The summed E-state index contributed by atoms with van der Waals surface area (Å²) in [4.78, 5) is 47.9. The first-order valence-electron chi connectivity index (χ1n) is 9.76. The molecule has 1 aromatic carbocycles. The molecule has 0 bridgehead atoms. The Labute approximate surface area is 181 Å². The number of carbonyl (C=O) groups is 1. The van der Waals surface area contributed by atoms with E-state index in [1.807, 2.05) is 19.2 Å². The molecule has 3 heterocycles. The summed E-state index contributed by atoms with van der Waals surface area (Å²) in [7, 11) is 0. The van der Waals surface area contributed by atoms with Crippen molar-refractivity contribution in [2.24, 2.45) is 0 Å². The van der Waals surface area contributed by atoms with Gasteiger partial charge in [-0.05, 0) is 44.9 Å². The Bertz CT molecular complexity index is 1420. The van der Waals surface area contributed by atoms with Gasteiger partial charge in [0.25, 0.3) is 11.5 Å². The van der Waals surface area contributed by atoms with Crippen LogP contribution in [0.2, 0.25) is 0 Å². The van der Waals surface area contributed by atoms with E-state index in [1.165, 1.54) is 33.7 Å². The standard InChI is InChI=1S/C22H21N5O3S/c1-5-27-18-15(20(29)26-22(27)30)8-14(9-23-18)19(28)25-21-24-16(10-31-21)17-12(3)6-11(2)7-13(17)4/h6-10H,5H2,1-4H3,(H,24,25,28)(H,26,29,30). The van der Waals surface area contributed by atoms with Crippen LogP contribution < -0.4 is 16.6 Å². The zero-order valence-electron chi connectivity index (χ0n) is 17.6. The Morgan fingerprint density at radius 3 is 2.55 bits per heavy atom. The molecule has 9 heteroatoms. The molecule has 0 spiro atoms. The average molecular weight is 436 g/mol. The molecule has 8 nitrogen and oxygen atoms in total. The predicted octanol–water partition coefficient (Wildman–Crippen LogP) is 3.41. The minimum Gasteiger partial charge on any atom is -0.298 e. The van der Waals surface area contributed by atoms with Gasteiger partial charge in [-0.1, -0.05) is 17.7 Å². The number of aromatic amines is 1. The molecule has 1 amide bonds. The van der Waals surface area contributed by atoms with Crippen molar-refractivity contribution in [3.63, 3.8) is 0 Å². The number of amides is 1. The molecule has 0 radical (unpaired) electrons. The number of H-pyrrole nitrogens is 1. The molecular formula is C22H21N5O3S. The molecule has 0 saturated carbocycles. The minimum atomic E-state index is -0.575. The minimum absolute atomic E-state index is 0.180. The van der Waals surface area contributed by atoms with E-state index >= 15 is 0 Å². The highest BCUT2D eigenvalue weighted by atomic mass is 32.1. The smallest absolute Gasteiger partial charge is 0.298 e. The van der Waals surface area contributed by atoms with Crippen LogP contribution in [0.1, 0.15) is 34.0 Å². The fraction of sp³-hybridized carbons (Fsp3) is 0.227. The van der Waals surface area contributed by atoms with Crippen molar-refractivity contribution < 1.29 is 4.79 Å². The quantitative estimate of drug-likeness (QED) is 0.510. The summed E-state index contributed by atoms with van der Waals surface area (Å²) in [5.41, 5.74) is 4.65. The number of rotatable bonds is 4. The van der Waals surface area contributed by atoms with Crippen molar-refractivity contribution in [2.75, 3.05) is 5.32 Å². The van der Waals surface area contributed by atoms with Gasteiger partial charge in [0.05, 0.1) is 16.6 Å². The van der Waals surface area contributed by atoms with Crippen molar-refractivity contribution in [3.05, 3.63) is 72.9 Å². The van der Waals surface area contributed by atoms with Crippen LogP contribution >= 0.6 is 11.3 Å². The molecule has 3 aromatic heterocycles. The van der Waals surface area contributed by atoms with Gasteiger partial charge < -0.3 is 0 Å². The number of fused-ring (bicyclic) bond motifs is 1. The van der Waals surface area contributed by atoms with E-state index in [4.69, 9.17) is 0 Å². The molecular weight excluding hydrogens is 414 g/mol. The second-order valence-electron chi connectivity index (χ2n) is 7.36. The van der Waals surface area contributed by atoms with Crippen LogP contribution in [-0.4, -0.2) is 25.4 Å². The van der Waals surface area contributed by atoms with Crippen molar-refractivity contribution in [1.29, 1.82) is 0 Å². The van der Waals surface area contributed by atoms with Crippen LogP contribution in [0.4, 0.5) is 5.13 Å². The third kappa shape index (κ3) is 3.79. The van der Waals surface area contributed by atoms with E-state index in [-0.39, 0.29) is 16.6 Å². The maximum absolute atomic E-state index is 12.7. The molecule has 4 aromatic rings. The van der Waals surface area contributed by atoms with E-state index in [2.05, 4.69) is 39.3 Å². The molecule has 0 aliphatic carbocycles. The van der Waals surface area contributed by atoms with E-state index in [0.29, 0.717) is 11.7 Å². The van der Waals surface area contributed by atoms with Gasteiger partial charge in [-0.3, -0.25) is 24.5 Å². The number of thiazole rings is 1. The third-order valence-corrected chi connectivity index (χ3v) is 5.83. The lowest BCUT2D eigenvalue weighted by Crippen LogP contribution is -2.30. The van der Waals surface area contributed by atoms with Crippen molar-refractivity contribution in [2.45, 2.75) is 34.2 Å². The highest BCUT2D eigenvalue weighted by Gasteiger charge is 2.15. The highest BCUT2D eigenvalue weighted by Crippen LogP contribution is 2.31. The van der Waals surface area contributed by atoms with Crippen LogP contribution in [0.5, 0.6) is 0 Å². The molecule has 4 rings (SSSR count). The van der Waals surface area contributed by atoms with Gasteiger partial charge in [-0.25, -0.2) is 14.8 Å². The first-order valence-corrected chi connectivity index (χ1v) is 10.6. The predicted molar refractivity (Wildman–Crippen MR) is 122 cm³/mol. The van der Waals surface area contributed by atoms with Crippen LogP contribution in [0.15, 0.2) is 39.4 Å². The van der Waals surface area contributed by atoms with E-state index in [1.54, 1.807) is 6.92 Å². The lowest BCUT2D eigenvalue weighted by Gasteiger charge is -2.09. The number of benzene rings is 1. The van der Waals surface area contributed by atoms with Gasteiger partial charge in [0.15, 0.2) is 5.13 Å². The number of anilines is 1. The molecule has 0 unspecified atom stereocenters. The number of hydrogen-bond acceptors (Lipinski definition) is 6. The van der Waals surface area contributed by atoms with Gasteiger partial charge in [0, 0.05) is 23.7 Å². The molecule has 0 saturated heterocycles. The number of nitrogens with one attached hydrogen (secondary N) is 2. The fourth-order valence-corrected chi connectivity index (χ4v) is 4.48. The normalized spacial score (nSPS) is 11.1. The number of aromatic nitrogens is 4. The second-order valence-corrected chi connectivity index (χ2v) is 8.22. The summed E-state index contributed by atoms with van der Waals surface area (Å²) in [6.45, 7) is 8.27. The summed E-state index contributed by atoms with van der Waals surface area (Å²) in [5, 5.41) is 5.31. The second kappa shape index (κ2) is 7.92. The summed E-state index contributed by atoms with van der Waals surface area (Å²) in [6.07, 6.45) is 1.35.